The van der Waals surface area contributed by atoms with Crippen molar-refractivity contribution in [2.24, 2.45) is 11.8 Å². The van der Waals surface area contributed by atoms with Gasteiger partial charge in [-0.05, 0) is 101 Å². The summed E-state index contributed by atoms with van der Waals surface area (Å²) in [5.74, 6) is 1.39. The molecule has 26 heavy (non-hydrogen) atoms. The molecule has 2 unspecified atom stereocenters. The number of hydrogen-bond donors (Lipinski definition) is 0. The van der Waals surface area contributed by atoms with Crippen molar-refractivity contribution >= 4 is 0 Å². The Morgan fingerprint density at radius 1 is 0.462 bits per heavy atom. The highest BCUT2D eigenvalue weighted by Crippen LogP contribution is 2.40. The largest absolute Gasteiger partial charge is 0.0632 e. The maximum Gasteiger partial charge on any atom is -0.00126 e. The monoisotopic (exact) mass is 354 g/mol. The van der Waals surface area contributed by atoms with Crippen molar-refractivity contribution in [3.8, 4) is 0 Å². The second-order valence-electron chi connectivity index (χ2n) is 8.98. The lowest BCUT2D eigenvalue weighted by atomic mass is 9.92. The van der Waals surface area contributed by atoms with Crippen LogP contribution in [0.2, 0.25) is 0 Å². The second-order valence-corrected chi connectivity index (χ2v) is 8.98. The van der Waals surface area contributed by atoms with Crippen LogP contribution in [0.15, 0.2) is 44.6 Å². The standard InChI is InChI=1S/C26H42/c1-17-18(2)22(6)25(21(17)5)15-13-11-9-10-12-14-16-26-23(7)19(3)20(4)24(26)8/h21,23H,9-16H2,1-8H3. The summed E-state index contributed by atoms with van der Waals surface area (Å²) in [5, 5.41) is 0. The average molecular weight is 355 g/mol. The molecule has 2 aliphatic rings. The maximum absolute atomic E-state index is 2.39. The van der Waals surface area contributed by atoms with E-state index in [-0.39, 0.29) is 0 Å². The first-order valence-corrected chi connectivity index (χ1v) is 11.0. The van der Waals surface area contributed by atoms with Gasteiger partial charge in [-0.25, -0.2) is 0 Å². The van der Waals surface area contributed by atoms with Crippen molar-refractivity contribution in [1.82, 2.24) is 0 Å². The summed E-state index contributed by atoms with van der Waals surface area (Å²) in [6, 6.07) is 0. The molecular formula is C26H42. The molecule has 0 heteroatoms. The molecule has 0 aliphatic heterocycles. The highest BCUT2D eigenvalue weighted by molar-refractivity contribution is 5.47. The predicted octanol–water partition coefficient (Wildman–Crippen LogP) is 8.71. The van der Waals surface area contributed by atoms with Gasteiger partial charge in [0.2, 0.25) is 0 Å². The molecule has 0 saturated carbocycles. The van der Waals surface area contributed by atoms with Crippen LogP contribution in [-0.2, 0) is 0 Å². The van der Waals surface area contributed by atoms with Crippen LogP contribution in [0.25, 0.3) is 0 Å². The molecule has 2 rings (SSSR count). The summed E-state index contributed by atoms with van der Waals surface area (Å²) in [6.45, 7) is 18.7. The number of allylic oxidation sites excluding steroid dienone is 8. The van der Waals surface area contributed by atoms with Crippen molar-refractivity contribution < 1.29 is 0 Å². The van der Waals surface area contributed by atoms with E-state index < -0.39 is 0 Å². The van der Waals surface area contributed by atoms with E-state index in [1.165, 1.54) is 51.4 Å². The fraction of sp³-hybridized carbons (Fsp3) is 0.692. The summed E-state index contributed by atoms with van der Waals surface area (Å²) >= 11 is 0. The minimum atomic E-state index is 0.695. The van der Waals surface area contributed by atoms with Crippen LogP contribution in [0.1, 0.15) is 107 Å². The molecule has 0 aromatic carbocycles. The number of unbranched alkanes of at least 4 members (excludes halogenated alkanes) is 5. The van der Waals surface area contributed by atoms with Gasteiger partial charge in [-0.2, -0.15) is 0 Å². The molecule has 0 fully saturated rings. The first-order chi connectivity index (χ1) is 12.3. The average Bonchev–Trinajstić information content (AvgIpc) is 2.92. The molecule has 0 N–H and O–H groups in total. The maximum atomic E-state index is 2.39. The Labute approximate surface area is 163 Å². The van der Waals surface area contributed by atoms with Gasteiger partial charge in [0.1, 0.15) is 0 Å². The lowest BCUT2D eigenvalue weighted by molar-refractivity contribution is 0.575. The van der Waals surface area contributed by atoms with E-state index in [1.807, 2.05) is 0 Å². The summed E-state index contributed by atoms with van der Waals surface area (Å²) in [4.78, 5) is 0. The fourth-order valence-electron chi connectivity index (χ4n) is 5.04. The molecular weight excluding hydrogens is 312 g/mol. The molecule has 2 atom stereocenters. The Balaban J connectivity index is 1.59. The third-order valence-corrected chi connectivity index (χ3v) is 7.76. The Hall–Kier alpha value is -1.04. The van der Waals surface area contributed by atoms with Gasteiger partial charge in [0, 0.05) is 0 Å². The van der Waals surface area contributed by atoms with Crippen LogP contribution in [0, 0.1) is 11.8 Å². The van der Waals surface area contributed by atoms with Gasteiger partial charge in [-0.3, -0.25) is 0 Å². The lowest BCUT2D eigenvalue weighted by Gasteiger charge is -2.13. The number of hydrogen-bond acceptors (Lipinski definition) is 0. The lowest BCUT2D eigenvalue weighted by Crippen LogP contribution is -1.98. The van der Waals surface area contributed by atoms with Crippen molar-refractivity contribution in [2.75, 3.05) is 0 Å². The molecule has 2 aliphatic carbocycles. The minimum Gasteiger partial charge on any atom is -0.0632 e. The van der Waals surface area contributed by atoms with Crippen LogP contribution in [0.4, 0.5) is 0 Å². The Morgan fingerprint density at radius 3 is 1.04 bits per heavy atom. The third kappa shape index (κ3) is 4.44. The fourth-order valence-corrected chi connectivity index (χ4v) is 5.04. The smallest absolute Gasteiger partial charge is 0.00126 e. The summed E-state index contributed by atoms with van der Waals surface area (Å²) in [6.07, 6.45) is 11.0. The number of rotatable bonds is 9. The van der Waals surface area contributed by atoms with Gasteiger partial charge in [-0.1, -0.05) is 61.8 Å². The third-order valence-electron chi connectivity index (χ3n) is 7.76. The van der Waals surface area contributed by atoms with Gasteiger partial charge >= 0.3 is 0 Å². The molecule has 0 aromatic rings. The topological polar surface area (TPSA) is 0 Å². The Bertz CT molecular complexity index is 590. The van der Waals surface area contributed by atoms with Gasteiger partial charge in [0.25, 0.3) is 0 Å². The molecule has 0 nitrogen and oxygen atoms in total. The van der Waals surface area contributed by atoms with E-state index >= 15 is 0 Å². The molecule has 0 radical (unpaired) electrons. The first kappa shape index (κ1) is 21.3. The summed E-state index contributed by atoms with van der Waals surface area (Å²) in [7, 11) is 0. The van der Waals surface area contributed by atoms with Crippen LogP contribution < -0.4 is 0 Å². The van der Waals surface area contributed by atoms with Crippen molar-refractivity contribution in [2.45, 2.75) is 107 Å². The van der Waals surface area contributed by atoms with E-state index in [2.05, 4.69) is 55.4 Å². The van der Waals surface area contributed by atoms with Gasteiger partial charge < -0.3 is 0 Å². The molecule has 146 valence electrons. The van der Waals surface area contributed by atoms with Crippen molar-refractivity contribution in [1.29, 1.82) is 0 Å². The minimum absolute atomic E-state index is 0.695. The van der Waals surface area contributed by atoms with Gasteiger partial charge in [0.15, 0.2) is 0 Å². The highest BCUT2D eigenvalue weighted by Gasteiger charge is 2.23. The van der Waals surface area contributed by atoms with E-state index in [0.29, 0.717) is 11.8 Å². The quantitative estimate of drug-likeness (QED) is 0.363. The Kier molecular flexibility index (Phi) is 7.56. The van der Waals surface area contributed by atoms with Gasteiger partial charge in [-0.15, -0.1) is 0 Å². The zero-order valence-electron chi connectivity index (χ0n) is 18.8. The van der Waals surface area contributed by atoms with E-state index in [1.54, 1.807) is 44.6 Å². The molecule has 0 spiro atoms. The van der Waals surface area contributed by atoms with Crippen molar-refractivity contribution in [3.05, 3.63) is 44.6 Å². The Morgan fingerprint density at radius 2 is 0.769 bits per heavy atom. The second kappa shape index (κ2) is 9.25. The predicted molar refractivity (Wildman–Crippen MR) is 117 cm³/mol. The van der Waals surface area contributed by atoms with Crippen LogP contribution in [-0.4, -0.2) is 0 Å². The normalized spacial score (nSPS) is 24.0. The first-order valence-electron chi connectivity index (χ1n) is 11.0. The van der Waals surface area contributed by atoms with E-state index in [0.717, 1.165) is 0 Å². The molecule has 0 heterocycles. The molecule has 0 aromatic heterocycles. The summed E-state index contributed by atoms with van der Waals surface area (Å²) < 4.78 is 0. The highest BCUT2D eigenvalue weighted by atomic mass is 14.3. The zero-order chi connectivity index (χ0) is 19.4. The zero-order valence-corrected chi connectivity index (χ0v) is 18.8. The van der Waals surface area contributed by atoms with E-state index in [9.17, 15) is 0 Å². The molecule has 0 saturated heterocycles. The van der Waals surface area contributed by atoms with Crippen molar-refractivity contribution in [3.63, 3.8) is 0 Å². The SMILES string of the molecule is CC1=C(C)C(C)C(CCCCCCCCC2=C(C)C(C)=C(C)C2C)=C1C. The summed E-state index contributed by atoms with van der Waals surface area (Å²) in [5.41, 5.74) is 12.9. The van der Waals surface area contributed by atoms with Crippen LogP contribution >= 0.6 is 0 Å². The van der Waals surface area contributed by atoms with E-state index in [4.69, 9.17) is 0 Å². The van der Waals surface area contributed by atoms with Crippen LogP contribution in [0.3, 0.4) is 0 Å². The van der Waals surface area contributed by atoms with Gasteiger partial charge in [0.05, 0.1) is 0 Å². The van der Waals surface area contributed by atoms with Crippen LogP contribution in [0.5, 0.6) is 0 Å². The molecule has 0 bridgehead atoms. The molecule has 0 amide bonds.